The monoisotopic (exact) mass is 486 g/mol. The Kier molecular flexibility index (Phi) is 6.78. The molecule has 2 aromatic heterocycles. The highest BCUT2D eigenvalue weighted by molar-refractivity contribution is 7.21. The summed E-state index contributed by atoms with van der Waals surface area (Å²) >= 11 is 7.79. The number of morpholine rings is 1. The summed E-state index contributed by atoms with van der Waals surface area (Å²) in [7, 11) is 0. The summed E-state index contributed by atoms with van der Waals surface area (Å²) in [6, 6.07) is 7.54. The van der Waals surface area contributed by atoms with Crippen molar-refractivity contribution < 1.29 is 14.3 Å². The number of benzene rings is 1. The Hall–Kier alpha value is -2.26. The largest absolute Gasteiger partial charge is 0.490 e. The van der Waals surface area contributed by atoms with Crippen LogP contribution < -0.4 is 4.74 Å². The lowest BCUT2D eigenvalue weighted by molar-refractivity contribution is 0.0323. The third-order valence-electron chi connectivity index (χ3n) is 6.15. The van der Waals surface area contributed by atoms with E-state index in [1.807, 2.05) is 36.1 Å². The van der Waals surface area contributed by atoms with Gasteiger partial charge in [-0.2, -0.15) is 0 Å². The molecule has 0 unspecified atom stereocenters. The van der Waals surface area contributed by atoms with Crippen molar-refractivity contribution in [3.63, 3.8) is 0 Å². The molecule has 1 aromatic carbocycles. The highest BCUT2D eigenvalue weighted by atomic mass is 35.5. The summed E-state index contributed by atoms with van der Waals surface area (Å²) < 4.78 is 11.7. The second-order valence-corrected chi connectivity index (χ2v) is 9.76. The van der Waals surface area contributed by atoms with Gasteiger partial charge in [0, 0.05) is 38.3 Å². The first kappa shape index (κ1) is 22.5. The van der Waals surface area contributed by atoms with Gasteiger partial charge in [-0.05, 0) is 31.9 Å². The molecule has 7 nitrogen and oxygen atoms in total. The summed E-state index contributed by atoms with van der Waals surface area (Å²) in [4.78, 5) is 28.5. The number of rotatable bonds is 6. The van der Waals surface area contributed by atoms with E-state index in [4.69, 9.17) is 31.0 Å². The molecular formula is C24H27ClN4O3S. The van der Waals surface area contributed by atoms with Crippen LogP contribution in [0.15, 0.2) is 24.3 Å². The van der Waals surface area contributed by atoms with Crippen molar-refractivity contribution in [1.82, 2.24) is 19.8 Å². The molecule has 2 fully saturated rings. The molecule has 0 saturated carbocycles. The number of amides is 1. The maximum atomic E-state index is 13.4. The van der Waals surface area contributed by atoms with Gasteiger partial charge >= 0.3 is 0 Å². The molecule has 2 aliphatic rings. The lowest BCUT2D eigenvalue weighted by atomic mass is 10.2. The molecule has 0 atom stereocenters. The molecule has 9 heteroatoms. The fraction of sp³-hybridized carbons (Fsp3) is 0.458. The van der Waals surface area contributed by atoms with Crippen LogP contribution in [0.25, 0.3) is 21.6 Å². The van der Waals surface area contributed by atoms with E-state index < -0.39 is 0 Å². The molecule has 0 bridgehead atoms. The van der Waals surface area contributed by atoms with Crippen LogP contribution in [0.2, 0.25) is 5.02 Å². The Morgan fingerprint density at radius 2 is 1.91 bits per heavy atom. The fourth-order valence-electron chi connectivity index (χ4n) is 4.35. The summed E-state index contributed by atoms with van der Waals surface area (Å²) in [6.07, 6.45) is 2.08. The van der Waals surface area contributed by atoms with Gasteiger partial charge in [-0.25, -0.2) is 9.97 Å². The van der Waals surface area contributed by atoms with Crippen molar-refractivity contribution in [3.8, 4) is 17.1 Å². The Labute approximate surface area is 202 Å². The summed E-state index contributed by atoms with van der Waals surface area (Å²) in [5.41, 5.74) is 1.56. The van der Waals surface area contributed by atoms with Crippen molar-refractivity contribution >= 4 is 39.1 Å². The highest BCUT2D eigenvalue weighted by Crippen LogP contribution is 2.41. The van der Waals surface area contributed by atoms with Crippen LogP contribution in [0, 0.1) is 6.92 Å². The lowest BCUT2D eigenvalue weighted by Gasteiger charge is -2.26. The number of halogens is 1. The van der Waals surface area contributed by atoms with Crippen molar-refractivity contribution in [2.75, 3.05) is 52.5 Å². The van der Waals surface area contributed by atoms with Gasteiger partial charge in [-0.3, -0.25) is 9.69 Å². The highest BCUT2D eigenvalue weighted by Gasteiger charge is 2.29. The first-order valence-electron chi connectivity index (χ1n) is 11.4. The predicted molar refractivity (Wildman–Crippen MR) is 130 cm³/mol. The number of ether oxygens (including phenoxy) is 2. The summed E-state index contributed by atoms with van der Waals surface area (Å²) in [5, 5.41) is 1.42. The van der Waals surface area contributed by atoms with E-state index in [9.17, 15) is 4.79 Å². The molecule has 33 heavy (non-hydrogen) atoms. The Morgan fingerprint density at radius 1 is 1.15 bits per heavy atom. The van der Waals surface area contributed by atoms with Crippen LogP contribution >= 0.6 is 22.9 Å². The van der Waals surface area contributed by atoms with Gasteiger partial charge in [0.15, 0.2) is 11.6 Å². The number of aromatic nitrogens is 2. The molecule has 0 N–H and O–H groups in total. The van der Waals surface area contributed by atoms with E-state index in [1.165, 1.54) is 11.3 Å². The van der Waals surface area contributed by atoms with E-state index in [2.05, 4.69) is 4.90 Å². The third-order valence-corrected chi connectivity index (χ3v) is 7.53. The number of fused-ring (bicyclic) bond motifs is 1. The number of thiophene rings is 1. The van der Waals surface area contributed by atoms with Crippen molar-refractivity contribution in [2.45, 2.75) is 19.8 Å². The van der Waals surface area contributed by atoms with Crippen molar-refractivity contribution in [2.24, 2.45) is 0 Å². The minimum Gasteiger partial charge on any atom is -0.490 e. The Balaban J connectivity index is 1.51. The number of likely N-dealkylation sites (tertiary alicyclic amines) is 1. The second kappa shape index (κ2) is 9.93. The number of carbonyl (C=O) groups is 1. The topological polar surface area (TPSA) is 67.8 Å². The van der Waals surface area contributed by atoms with E-state index in [-0.39, 0.29) is 5.91 Å². The van der Waals surface area contributed by atoms with Gasteiger partial charge in [-0.1, -0.05) is 23.7 Å². The van der Waals surface area contributed by atoms with Crippen molar-refractivity contribution in [1.29, 1.82) is 0 Å². The van der Waals surface area contributed by atoms with Gasteiger partial charge in [-0.15, -0.1) is 11.3 Å². The minimum atomic E-state index is 0.0237. The standard InChI is InChI=1S/C24H27ClN4O3S/c1-16-19-20(32-15-12-28-10-13-31-14-11-28)21(24(30)29-8-4-5-9-29)33-23(19)27-22(26-16)17-6-2-3-7-18(17)25/h2-3,6-7H,4-5,8-15H2,1H3. The van der Waals surface area contributed by atoms with Crippen LogP contribution in [0.5, 0.6) is 5.75 Å². The average molecular weight is 487 g/mol. The third kappa shape index (κ3) is 4.71. The summed E-state index contributed by atoms with van der Waals surface area (Å²) in [6.45, 7) is 8.10. The van der Waals surface area contributed by atoms with Crippen LogP contribution in [-0.2, 0) is 4.74 Å². The molecule has 5 rings (SSSR count). The molecule has 1 amide bonds. The average Bonchev–Trinajstić information content (AvgIpc) is 3.48. The van der Waals surface area contributed by atoms with Gasteiger partial charge in [0.1, 0.15) is 16.3 Å². The summed E-state index contributed by atoms with van der Waals surface area (Å²) in [5.74, 6) is 1.20. The van der Waals surface area contributed by atoms with Crippen LogP contribution in [0.1, 0.15) is 28.2 Å². The number of hydrogen-bond donors (Lipinski definition) is 0. The van der Waals surface area contributed by atoms with Crippen LogP contribution in [0.3, 0.4) is 0 Å². The van der Waals surface area contributed by atoms with E-state index in [1.54, 1.807) is 0 Å². The number of carbonyl (C=O) groups excluding carboxylic acids is 1. The minimum absolute atomic E-state index is 0.0237. The number of nitrogens with zero attached hydrogens (tertiary/aromatic N) is 4. The molecule has 0 radical (unpaired) electrons. The molecule has 0 aliphatic carbocycles. The van der Waals surface area contributed by atoms with Gasteiger partial charge < -0.3 is 14.4 Å². The Morgan fingerprint density at radius 3 is 2.67 bits per heavy atom. The zero-order chi connectivity index (χ0) is 22.8. The van der Waals surface area contributed by atoms with Crippen LogP contribution in [0.4, 0.5) is 0 Å². The maximum absolute atomic E-state index is 13.4. The maximum Gasteiger partial charge on any atom is 0.267 e. The molecule has 4 heterocycles. The number of hydrogen-bond acceptors (Lipinski definition) is 7. The van der Waals surface area contributed by atoms with E-state index in [0.717, 1.165) is 80.3 Å². The predicted octanol–water partition coefficient (Wildman–Crippen LogP) is 4.27. The van der Waals surface area contributed by atoms with Crippen LogP contribution in [-0.4, -0.2) is 78.2 Å². The van der Waals surface area contributed by atoms with E-state index >= 15 is 0 Å². The smallest absolute Gasteiger partial charge is 0.267 e. The molecule has 2 aliphatic heterocycles. The molecule has 0 spiro atoms. The normalized spacial score (nSPS) is 17.1. The van der Waals surface area contributed by atoms with Crippen molar-refractivity contribution in [3.05, 3.63) is 39.9 Å². The molecule has 3 aromatic rings. The number of aryl methyl sites for hydroxylation is 1. The molecule has 2 saturated heterocycles. The first-order chi connectivity index (χ1) is 16.1. The second-order valence-electron chi connectivity index (χ2n) is 8.35. The SMILES string of the molecule is Cc1nc(-c2ccccc2Cl)nc2sc(C(=O)N3CCCC3)c(OCCN3CCOCC3)c12. The lowest BCUT2D eigenvalue weighted by Crippen LogP contribution is -2.38. The quantitative estimate of drug-likeness (QED) is 0.518. The van der Waals surface area contributed by atoms with E-state index in [0.29, 0.717) is 28.1 Å². The molecular weight excluding hydrogens is 460 g/mol. The van der Waals surface area contributed by atoms with Gasteiger partial charge in [0.05, 0.1) is 29.3 Å². The fourth-order valence-corrected chi connectivity index (χ4v) is 5.70. The zero-order valence-corrected chi connectivity index (χ0v) is 20.3. The molecule has 174 valence electrons. The zero-order valence-electron chi connectivity index (χ0n) is 18.7. The Bertz CT molecular complexity index is 1160. The van der Waals surface area contributed by atoms with Gasteiger partial charge in [0.2, 0.25) is 0 Å². The van der Waals surface area contributed by atoms with Gasteiger partial charge in [0.25, 0.3) is 5.91 Å². The first-order valence-corrected chi connectivity index (χ1v) is 12.6.